The van der Waals surface area contributed by atoms with Gasteiger partial charge in [-0.2, -0.15) is 9.97 Å². The van der Waals surface area contributed by atoms with Crippen molar-refractivity contribution in [3.05, 3.63) is 101 Å². The number of nitrogens with zero attached hydrogens (tertiary/aromatic N) is 10. The predicted molar refractivity (Wildman–Crippen MR) is 312 cm³/mol. The third kappa shape index (κ3) is 10.8. The molecule has 20 heteroatoms. The number of phenolic OH excluding ortho intramolecular Hbond substituents is 1. The number of piperazine rings is 1. The zero-order valence-electron chi connectivity index (χ0n) is 47.2. The van der Waals surface area contributed by atoms with Crippen LogP contribution in [-0.2, 0) is 20.8 Å². The lowest BCUT2D eigenvalue weighted by molar-refractivity contribution is -0.141. The number of aliphatic hydroxyl groups excluding tert-OH is 1. The molecule has 3 aromatic carbocycles. The molecule has 5 fully saturated rings. The number of carbonyl (C=O) groups is 3. The number of aryl methyl sites for hydroxylation is 2. The molecule has 82 heavy (non-hydrogen) atoms. The SMILES string of the molecule is CCc1cccc2cc(O)cc(-c3ncc4c(N5CC6CCC(C5)N6C=O)nc(OCCN5CCC(CC6CN(c7cc([C@H](C(=O)N8C[C@H](O)C[C@H]8C(=O)N[C@@H](C)c8ccc(-c9scnc9C)cc8)C(C)C)on7)C6)CC5)nc4c3F)c12. The van der Waals surface area contributed by atoms with Crippen LogP contribution in [0.15, 0.2) is 76.9 Å². The molecule has 0 aliphatic carbocycles. The number of thiazole rings is 1. The normalized spacial score (nSPS) is 21.4. The number of aromatic hydroxyl groups is 1. The summed E-state index contributed by atoms with van der Waals surface area (Å²) in [6.45, 7) is 15.6. The van der Waals surface area contributed by atoms with E-state index in [2.05, 4.69) is 30.2 Å². The van der Waals surface area contributed by atoms with Gasteiger partial charge in [-0.15, -0.1) is 11.3 Å². The lowest BCUT2D eigenvalue weighted by Crippen LogP contribution is -2.53. The summed E-state index contributed by atoms with van der Waals surface area (Å²) < 4.78 is 29.5. The van der Waals surface area contributed by atoms with Gasteiger partial charge in [0.15, 0.2) is 17.4 Å². The number of hydrogen-bond acceptors (Lipinski definition) is 16. The Bertz CT molecular complexity index is 3480. The van der Waals surface area contributed by atoms with Crippen LogP contribution in [0.4, 0.5) is 16.0 Å². The van der Waals surface area contributed by atoms with Crippen LogP contribution in [-0.4, -0.2) is 151 Å². The number of pyridine rings is 1. The standard InChI is InChI=1S/C62H72FN11O7S/c1-6-40-8-7-9-43-23-46(76)24-48(54(40)43)56-55(63)57-49(27-64-56)59(72-30-44-14-15-45(31-72)74(44)34-75)68-62(67-57)80-21-20-70-18-16-38(17-19-70)22-39-28-71(29-39)52-26-51(81-69-52)53(35(2)3)61(79)73-32-47(77)25-50(73)60(78)66-36(4)41-10-12-42(13-11-41)58-37(5)65-33-82-58/h7-13,23-24,26-27,33-36,38-39,44-45,47,50,53,76-77H,6,14-22,25,28-32H2,1-5H3,(H,66,78)/t36-,44?,45?,47+,50-,53+/m0/s1. The molecule has 5 aliphatic heterocycles. The number of rotatable bonds is 18. The van der Waals surface area contributed by atoms with Crippen LogP contribution >= 0.6 is 11.3 Å². The molecular formula is C62H72FN11O7S. The van der Waals surface area contributed by atoms with Crippen molar-refractivity contribution in [2.45, 2.75) is 116 Å². The second-order valence-corrected chi connectivity index (χ2v) is 24.5. The van der Waals surface area contributed by atoms with Crippen LogP contribution < -0.4 is 19.9 Å². The van der Waals surface area contributed by atoms with Crippen molar-refractivity contribution in [2.24, 2.45) is 17.8 Å². The number of halogens is 1. The molecule has 7 aromatic rings. The lowest BCUT2D eigenvalue weighted by atomic mass is 9.83. The summed E-state index contributed by atoms with van der Waals surface area (Å²) in [5.74, 6) is 0.773. The fourth-order valence-electron chi connectivity index (χ4n) is 13.5. The van der Waals surface area contributed by atoms with E-state index in [-0.39, 0.29) is 71.8 Å². The van der Waals surface area contributed by atoms with E-state index < -0.39 is 23.9 Å². The Morgan fingerprint density at radius 1 is 0.939 bits per heavy atom. The van der Waals surface area contributed by atoms with Gasteiger partial charge >= 0.3 is 6.01 Å². The first-order valence-corrected chi connectivity index (χ1v) is 30.0. The smallest absolute Gasteiger partial charge is 0.319 e. The summed E-state index contributed by atoms with van der Waals surface area (Å²) in [6.07, 6.45) is 7.62. The molecule has 430 valence electrons. The van der Waals surface area contributed by atoms with Gasteiger partial charge in [0, 0.05) is 75.6 Å². The van der Waals surface area contributed by atoms with Gasteiger partial charge in [-0.3, -0.25) is 24.3 Å². The van der Waals surface area contributed by atoms with Crippen LogP contribution in [0.2, 0.25) is 0 Å². The molecule has 12 rings (SSSR count). The minimum absolute atomic E-state index is 0.0181. The van der Waals surface area contributed by atoms with Crippen molar-refractivity contribution in [1.82, 2.24) is 45.1 Å². The van der Waals surface area contributed by atoms with Gasteiger partial charge in [0.05, 0.1) is 33.6 Å². The third-order valence-corrected chi connectivity index (χ3v) is 19.0. The zero-order valence-corrected chi connectivity index (χ0v) is 48.0. The molecule has 4 aromatic heterocycles. The van der Waals surface area contributed by atoms with Crippen molar-refractivity contribution in [2.75, 3.05) is 68.8 Å². The lowest BCUT2D eigenvalue weighted by Gasteiger charge is -2.42. The molecule has 5 aliphatic rings. The zero-order chi connectivity index (χ0) is 56.9. The van der Waals surface area contributed by atoms with E-state index in [9.17, 15) is 24.6 Å². The first kappa shape index (κ1) is 55.3. The number of benzene rings is 3. The number of hydrogen-bond donors (Lipinski definition) is 3. The highest BCUT2D eigenvalue weighted by Crippen LogP contribution is 2.41. The highest BCUT2D eigenvalue weighted by Gasteiger charge is 2.45. The largest absolute Gasteiger partial charge is 0.508 e. The van der Waals surface area contributed by atoms with Gasteiger partial charge in [-0.05, 0) is 123 Å². The molecule has 2 unspecified atom stereocenters. The maximum Gasteiger partial charge on any atom is 0.319 e. The minimum atomic E-state index is -0.823. The molecule has 3 amide bonds. The van der Waals surface area contributed by atoms with Crippen molar-refractivity contribution < 1.29 is 38.2 Å². The van der Waals surface area contributed by atoms with Crippen molar-refractivity contribution in [3.8, 4) is 33.5 Å². The molecule has 3 N–H and O–H groups in total. The Morgan fingerprint density at radius 2 is 1.71 bits per heavy atom. The van der Waals surface area contributed by atoms with Gasteiger partial charge in [0.1, 0.15) is 41.3 Å². The van der Waals surface area contributed by atoms with E-state index in [1.807, 2.05) is 93.6 Å². The Kier molecular flexibility index (Phi) is 15.6. The number of aromatic nitrogens is 5. The Morgan fingerprint density at radius 3 is 2.41 bits per heavy atom. The highest BCUT2D eigenvalue weighted by molar-refractivity contribution is 7.13. The highest BCUT2D eigenvalue weighted by atomic mass is 32.1. The van der Waals surface area contributed by atoms with E-state index in [4.69, 9.17) is 24.2 Å². The predicted octanol–water partition coefficient (Wildman–Crippen LogP) is 8.68. The summed E-state index contributed by atoms with van der Waals surface area (Å²) in [5.41, 5.74) is 6.51. The third-order valence-electron chi connectivity index (χ3n) is 18.0. The molecule has 2 bridgehead atoms. The van der Waals surface area contributed by atoms with E-state index in [0.29, 0.717) is 72.8 Å². The quantitative estimate of drug-likeness (QED) is 0.0688. The second kappa shape index (κ2) is 23.2. The van der Waals surface area contributed by atoms with Gasteiger partial charge in [-0.1, -0.05) is 68.4 Å². The molecule has 0 spiro atoms. The summed E-state index contributed by atoms with van der Waals surface area (Å²) in [6, 6.07) is 18.1. The van der Waals surface area contributed by atoms with Crippen LogP contribution in [0.1, 0.15) is 101 Å². The van der Waals surface area contributed by atoms with Crippen LogP contribution in [0.3, 0.4) is 0 Å². The number of piperidine rings is 1. The first-order valence-electron chi connectivity index (χ1n) is 29.2. The van der Waals surface area contributed by atoms with Crippen molar-refractivity contribution >= 4 is 62.9 Å². The van der Waals surface area contributed by atoms with Crippen molar-refractivity contribution in [1.29, 1.82) is 0 Å². The molecule has 5 saturated heterocycles. The first-order chi connectivity index (χ1) is 39.7. The number of β-amino-alcohol motifs (C(OH)–C–C–N with tert-alkyl or cyclic N) is 1. The molecule has 0 radical (unpaired) electrons. The molecular weight excluding hydrogens is 1060 g/mol. The summed E-state index contributed by atoms with van der Waals surface area (Å²) in [7, 11) is 0. The van der Waals surface area contributed by atoms with Gasteiger partial charge < -0.3 is 44.4 Å². The number of anilines is 2. The Balaban J connectivity index is 0.646. The topological polar surface area (TPSA) is 207 Å². The monoisotopic (exact) mass is 1130 g/mol. The summed E-state index contributed by atoms with van der Waals surface area (Å²) in [4.78, 5) is 70.2. The number of amides is 3. The number of ether oxygens (including phenoxy) is 1. The molecule has 0 saturated carbocycles. The molecule has 9 heterocycles. The fraction of sp³-hybridized carbons (Fsp3) is 0.484. The molecule has 18 nitrogen and oxygen atoms in total. The number of fused-ring (bicyclic) bond motifs is 4. The van der Waals surface area contributed by atoms with Crippen LogP contribution in [0, 0.1) is 30.5 Å². The van der Waals surface area contributed by atoms with Crippen molar-refractivity contribution in [3.63, 3.8) is 0 Å². The maximum atomic E-state index is 17.2. The van der Waals surface area contributed by atoms with Gasteiger partial charge in [-0.25, -0.2) is 9.37 Å². The van der Waals surface area contributed by atoms with E-state index >= 15 is 4.39 Å². The fourth-order valence-corrected chi connectivity index (χ4v) is 14.4. The molecule has 6 atom stereocenters. The number of phenols is 1. The number of nitrogens with one attached hydrogen (secondary N) is 1. The summed E-state index contributed by atoms with van der Waals surface area (Å²) >= 11 is 1.59. The van der Waals surface area contributed by atoms with Crippen LogP contribution in [0.25, 0.3) is 43.4 Å². The average Bonchev–Trinajstić information content (AvgIpc) is 4.37. The summed E-state index contributed by atoms with van der Waals surface area (Å²) in [5, 5.41) is 31.2. The minimum Gasteiger partial charge on any atom is -0.508 e. The van der Waals surface area contributed by atoms with E-state index in [0.717, 1.165) is 103 Å². The second-order valence-electron chi connectivity index (χ2n) is 23.7. The van der Waals surface area contributed by atoms with Crippen LogP contribution in [0.5, 0.6) is 11.8 Å². The van der Waals surface area contributed by atoms with E-state index in [1.54, 1.807) is 29.7 Å². The average molecular weight is 1130 g/mol. The Labute approximate surface area is 480 Å². The number of carbonyl (C=O) groups excluding carboxylic acids is 3. The number of likely N-dealkylation sites (tertiary alicyclic amines) is 2. The number of aliphatic hydroxyl groups is 1. The van der Waals surface area contributed by atoms with Gasteiger partial charge in [0.2, 0.25) is 18.2 Å². The maximum absolute atomic E-state index is 17.2. The van der Waals surface area contributed by atoms with Gasteiger partial charge in [0.25, 0.3) is 0 Å². The van der Waals surface area contributed by atoms with E-state index in [1.165, 1.54) is 4.90 Å². The Hall–Kier alpha value is -7.29.